The third kappa shape index (κ3) is 6.47. The zero-order valence-corrected chi connectivity index (χ0v) is 14.0. The van der Waals surface area contributed by atoms with Crippen molar-refractivity contribution >= 4 is 46.4 Å². The molecule has 1 unspecified atom stereocenters. The van der Waals surface area contributed by atoms with Gasteiger partial charge in [0.1, 0.15) is 6.04 Å². The van der Waals surface area contributed by atoms with E-state index < -0.39 is 18.0 Å². The molecule has 0 fully saturated rings. The minimum atomic E-state index is -1.01. The van der Waals surface area contributed by atoms with Gasteiger partial charge in [-0.1, -0.05) is 12.1 Å². The van der Waals surface area contributed by atoms with Gasteiger partial charge >= 0.3 is 12.0 Å². The molecule has 2 amide bonds. The fourth-order valence-corrected chi connectivity index (χ4v) is 2.32. The second-order valence-electron chi connectivity index (χ2n) is 4.13. The van der Waals surface area contributed by atoms with Crippen LogP contribution in [0.3, 0.4) is 0 Å². The molecule has 0 aliphatic heterocycles. The zero-order valence-electron chi connectivity index (χ0n) is 11.1. The highest BCUT2D eigenvalue weighted by molar-refractivity contribution is 14.1. The smallest absolute Gasteiger partial charge is 0.326 e. The predicted octanol–water partition coefficient (Wildman–Crippen LogP) is 2.30. The first-order chi connectivity index (χ1) is 9.52. The first kappa shape index (κ1) is 17.1. The van der Waals surface area contributed by atoms with Crippen molar-refractivity contribution in [3.63, 3.8) is 0 Å². The molecule has 20 heavy (non-hydrogen) atoms. The summed E-state index contributed by atoms with van der Waals surface area (Å²) < 4.78 is 1.12. The minimum Gasteiger partial charge on any atom is -0.480 e. The fourth-order valence-electron chi connectivity index (χ4n) is 1.49. The van der Waals surface area contributed by atoms with E-state index in [1.807, 2.05) is 30.5 Å². The number of carboxylic acids is 1. The number of carboxylic acid groups (broad SMARTS) is 1. The summed E-state index contributed by atoms with van der Waals surface area (Å²) in [6.45, 7) is 0.373. The molecule has 0 aliphatic rings. The van der Waals surface area contributed by atoms with Crippen molar-refractivity contribution in [2.45, 2.75) is 19.0 Å². The summed E-state index contributed by atoms with van der Waals surface area (Å²) >= 11 is 3.76. The van der Waals surface area contributed by atoms with Gasteiger partial charge in [-0.25, -0.2) is 9.59 Å². The predicted molar refractivity (Wildman–Crippen MR) is 89.0 cm³/mol. The molecule has 1 atom stereocenters. The van der Waals surface area contributed by atoms with Crippen molar-refractivity contribution < 1.29 is 14.7 Å². The first-order valence-electron chi connectivity index (χ1n) is 6.03. The van der Waals surface area contributed by atoms with Gasteiger partial charge < -0.3 is 15.7 Å². The van der Waals surface area contributed by atoms with Crippen LogP contribution in [0.5, 0.6) is 0 Å². The molecule has 0 bridgehead atoms. The highest BCUT2D eigenvalue weighted by Gasteiger charge is 2.18. The molecule has 1 aromatic rings. The van der Waals surface area contributed by atoms with E-state index in [1.54, 1.807) is 11.8 Å². The Balaban J connectivity index is 2.41. The Kier molecular flexibility index (Phi) is 7.75. The molecule has 0 aliphatic carbocycles. The van der Waals surface area contributed by atoms with Gasteiger partial charge in [0, 0.05) is 10.1 Å². The van der Waals surface area contributed by atoms with Crippen LogP contribution in [-0.4, -0.2) is 35.2 Å². The molecule has 0 heterocycles. The Labute approximate surface area is 136 Å². The van der Waals surface area contributed by atoms with Gasteiger partial charge in [-0.15, -0.1) is 0 Å². The molecule has 0 radical (unpaired) electrons. The van der Waals surface area contributed by atoms with Gasteiger partial charge in [0.05, 0.1) is 0 Å². The summed E-state index contributed by atoms with van der Waals surface area (Å²) in [5.41, 5.74) is 0.969. The third-order valence-electron chi connectivity index (χ3n) is 2.58. The van der Waals surface area contributed by atoms with E-state index in [9.17, 15) is 9.59 Å². The number of rotatable bonds is 7. The Morgan fingerprint density at radius 1 is 1.35 bits per heavy atom. The van der Waals surface area contributed by atoms with E-state index in [0.29, 0.717) is 18.7 Å². The van der Waals surface area contributed by atoms with Crippen LogP contribution in [0, 0.1) is 3.57 Å². The van der Waals surface area contributed by atoms with Crippen molar-refractivity contribution in [1.29, 1.82) is 0 Å². The minimum absolute atomic E-state index is 0.373. The van der Waals surface area contributed by atoms with E-state index in [2.05, 4.69) is 33.2 Å². The van der Waals surface area contributed by atoms with Crippen molar-refractivity contribution in [3.05, 3.63) is 33.4 Å². The average molecular weight is 408 g/mol. The zero-order chi connectivity index (χ0) is 15.0. The molecule has 0 saturated carbocycles. The number of halogens is 1. The lowest BCUT2D eigenvalue weighted by atomic mass is 10.2. The number of aliphatic carboxylic acids is 1. The molecule has 1 rings (SSSR count). The Bertz CT molecular complexity index is 453. The summed E-state index contributed by atoms with van der Waals surface area (Å²) in [5, 5.41) is 14.1. The second-order valence-corrected chi connectivity index (χ2v) is 6.36. The number of amides is 2. The summed E-state index contributed by atoms with van der Waals surface area (Å²) in [5.74, 6) is -0.322. The van der Waals surface area contributed by atoms with Crippen molar-refractivity contribution in [3.8, 4) is 0 Å². The number of carbonyl (C=O) groups is 2. The lowest BCUT2D eigenvalue weighted by Gasteiger charge is -2.14. The summed E-state index contributed by atoms with van der Waals surface area (Å²) in [4.78, 5) is 22.7. The maximum atomic E-state index is 11.7. The standard InChI is InChI=1S/C13H17IN2O3S/c1-20-7-6-11(12(17)18)16-13(19)15-8-9-2-4-10(14)5-3-9/h2-5,11H,6-8H2,1H3,(H,17,18)(H2,15,16,19). The topological polar surface area (TPSA) is 78.4 Å². The maximum absolute atomic E-state index is 11.7. The third-order valence-corrected chi connectivity index (χ3v) is 3.94. The summed E-state index contributed by atoms with van der Waals surface area (Å²) in [6, 6.07) is 6.44. The molecular formula is C13H17IN2O3S. The number of nitrogens with one attached hydrogen (secondary N) is 2. The van der Waals surface area contributed by atoms with E-state index >= 15 is 0 Å². The molecule has 110 valence electrons. The van der Waals surface area contributed by atoms with Crippen LogP contribution in [0.2, 0.25) is 0 Å². The quantitative estimate of drug-likeness (QED) is 0.606. The molecular weight excluding hydrogens is 391 g/mol. The number of urea groups is 1. The van der Waals surface area contributed by atoms with Crippen LogP contribution in [0.1, 0.15) is 12.0 Å². The number of thioether (sulfide) groups is 1. The fraction of sp³-hybridized carbons (Fsp3) is 0.385. The van der Waals surface area contributed by atoms with Crippen LogP contribution in [-0.2, 0) is 11.3 Å². The van der Waals surface area contributed by atoms with Gasteiger partial charge in [-0.2, -0.15) is 11.8 Å². The lowest BCUT2D eigenvalue weighted by Crippen LogP contribution is -2.46. The van der Waals surface area contributed by atoms with Crippen LogP contribution < -0.4 is 10.6 Å². The second kappa shape index (κ2) is 9.06. The SMILES string of the molecule is CSCCC(NC(=O)NCc1ccc(I)cc1)C(=O)O. The van der Waals surface area contributed by atoms with Crippen molar-refractivity contribution in [2.24, 2.45) is 0 Å². The normalized spacial score (nSPS) is 11.7. The highest BCUT2D eigenvalue weighted by atomic mass is 127. The lowest BCUT2D eigenvalue weighted by molar-refractivity contribution is -0.139. The Hall–Kier alpha value is -0.960. The largest absolute Gasteiger partial charge is 0.480 e. The van der Waals surface area contributed by atoms with Gasteiger partial charge in [0.15, 0.2) is 0 Å². The highest BCUT2D eigenvalue weighted by Crippen LogP contribution is 2.06. The number of hydrogen-bond acceptors (Lipinski definition) is 3. The number of hydrogen-bond donors (Lipinski definition) is 3. The summed E-state index contributed by atoms with van der Waals surface area (Å²) in [6.07, 6.45) is 2.31. The van der Waals surface area contributed by atoms with Gasteiger partial charge in [0.2, 0.25) is 0 Å². The monoisotopic (exact) mass is 408 g/mol. The van der Waals surface area contributed by atoms with Crippen LogP contribution in [0.15, 0.2) is 24.3 Å². The van der Waals surface area contributed by atoms with Crippen LogP contribution in [0.4, 0.5) is 4.79 Å². The Morgan fingerprint density at radius 2 is 2.00 bits per heavy atom. The summed E-state index contributed by atoms with van der Waals surface area (Å²) in [7, 11) is 0. The van der Waals surface area contributed by atoms with E-state index in [4.69, 9.17) is 5.11 Å². The molecule has 5 nitrogen and oxygen atoms in total. The average Bonchev–Trinajstić information content (AvgIpc) is 2.42. The van der Waals surface area contributed by atoms with Gasteiger partial charge in [-0.3, -0.25) is 0 Å². The number of carbonyl (C=O) groups excluding carboxylic acids is 1. The van der Waals surface area contributed by atoms with Crippen molar-refractivity contribution in [2.75, 3.05) is 12.0 Å². The first-order valence-corrected chi connectivity index (χ1v) is 8.50. The molecule has 0 saturated heterocycles. The van der Waals surface area contributed by atoms with Crippen molar-refractivity contribution in [1.82, 2.24) is 10.6 Å². The molecule has 7 heteroatoms. The van der Waals surface area contributed by atoms with Crippen LogP contribution in [0.25, 0.3) is 0 Å². The molecule has 0 aromatic heterocycles. The molecule has 1 aromatic carbocycles. The maximum Gasteiger partial charge on any atom is 0.326 e. The van der Waals surface area contributed by atoms with Gasteiger partial charge in [-0.05, 0) is 58.7 Å². The van der Waals surface area contributed by atoms with E-state index in [1.165, 1.54) is 0 Å². The van der Waals surface area contributed by atoms with E-state index in [0.717, 1.165) is 9.13 Å². The van der Waals surface area contributed by atoms with Gasteiger partial charge in [0.25, 0.3) is 0 Å². The number of benzene rings is 1. The van der Waals surface area contributed by atoms with Crippen LogP contribution >= 0.6 is 34.4 Å². The molecule has 3 N–H and O–H groups in total. The Morgan fingerprint density at radius 3 is 2.55 bits per heavy atom. The van der Waals surface area contributed by atoms with E-state index in [-0.39, 0.29) is 0 Å². The molecule has 0 spiro atoms.